The van der Waals surface area contributed by atoms with Crippen molar-refractivity contribution in [1.29, 1.82) is 0 Å². The van der Waals surface area contributed by atoms with E-state index in [9.17, 15) is 8.42 Å². The second kappa shape index (κ2) is 7.24. The molecule has 1 N–H and O–H groups in total. The first-order chi connectivity index (χ1) is 8.78. The van der Waals surface area contributed by atoms with E-state index in [1.165, 1.54) is 11.8 Å². The van der Waals surface area contributed by atoms with E-state index >= 15 is 0 Å². The van der Waals surface area contributed by atoms with Gasteiger partial charge in [-0.05, 0) is 38.1 Å². The van der Waals surface area contributed by atoms with Gasteiger partial charge >= 0.3 is 0 Å². The zero-order valence-electron chi connectivity index (χ0n) is 11.6. The predicted octanol–water partition coefficient (Wildman–Crippen LogP) is 1.75. The first-order valence-electron chi connectivity index (χ1n) is 6.17. The Morgan fingerprint density at radius 3 is 2.42 bits per heavy atom. The van der Waals surface area contributed by atoms with Crippen molar-refractivity contribution >= 4 is 21.6 Å². The molecule has 6 heteroatoms. The molecule has 108 valence electrons. The number of hydrogen-bond donors (Lipinski definition) is 1. The smallest absolute Gasteiger partial charge is 0.208 e. The second-order valence-corrected chi connectivity index (χ2v) is 7.10. The highest BCUT2D eigenvalue weighted by Crippen LogP contribution is 2.12. The van der Waals surface area contributed by atoms with Crippen LogP contribution in [-0.4, -0.2) is 45.8 Å². The molecule has 0 heterocycles. The van der Waals surface area contributed by atoms with Gasteiger partial charge in [-0.1, -0.05) is 23.7 Å². The largest absolute Gasteiger partial charge is 0.302 e. The highest BCUT2D eigenvalue weighted by molar-refractivity contribution is 7.88. The first-order valence-corrected chi connectivity index (χ1v) is 8.44. The molecule has 1 rings (SSSR count). The van der Waals surface area contributed by atoms with Gasteiger partial charge in [0.15, 0.2) is 0 Å². The van der Waals surface area contributed by atoms with E-state index in [-0.39, 0.29) is 0 Å². The van der Waals surface area contributed by atoms with Gasteiger partial charge in [-0.3, -0.25) is 0 Å². The third kappa shape index (κ3) is 6.92. The lowest BCUT2D eigenvalue weighted by Gasteiger charge is -2.24. The summed E-state index contributed by atoms with van der Waals surface area (Å²) in [5, 5.41) is 0.738. The van der Waals surface area contributed by atoms with Crippen molar-refractivity contribution < 1.29 is 8.42 Å². The molecule has 0 saturated carbocycles. The van der Waals surface area contributed by atoms with Crippen molar-refractivity contribution in [3.05, 3.63) is 34.9 Å². The Bertz CT molecular complexity index is 488. The summed E-state index contributed by atoms with van der Waals surface area (Å²) in [4.78, 5) is 2.13. The number of halogens is 1. The van der Waals surface area contributed by atoms with Crippen LogP contribution in [0.15, 0.2) is 24.3 Å². The SMILES string of the molecule is C[C@@H](Cc1ccc(Cl)cc1)N(C)CCNS(C)(=O)=O. The first kappa shape index (κ1) is 16.4. The number of likely N-dealkylation sites (N-methyl/N-ethyl adjacent to an activating group) is 1. The maximum absolute atomic E-state index is 11.0. The third-order valence-electron chi connectivity index (χ3n) is 3.03. The van der Waals surface area contributed by atoms with Crippen LogP contribution in [0.2, 0.25) is 5.02 Å². The number of nitrogens with one attached hydrogen (secondary N) is 1. The summed E-state index contributed by atoms with van der Waals surface area (Å²) in [6.45, 7) is 3.23. The van der Waals surface area contributed by atoms with Crippen LogP contribution >= 0.6 is 11.6 Å². The Balaban J connectivity index is 2.40. The van der Waals surface area contributed by atoms with E-state index in [2.05, 4.69) is 16.5 Å². The van der Waals surface area contributed by atoms with Gasteiger partial charge in [-0.25, -0.2) is 13.1 Å². The number of sulfonamides is 1. The van der Waals surface area contributed by atoms with Gasteiger partial charge in [0, 0.05) is 24.2 Å². The van der Waals surface area contributed by atoms with Gasteiger partial charge in [-0.2, -0.15) is 0 Å². The van der Waals surface area contributed by atoms with Crippen molar-refractivity contribution in [3.63, 3.8) is 0 Å². The Kier molecular flexibility index (Phi) is 6.26. The summed E-state index contributed by atoms with van der Waals surface area (Å²) < 4.78 is 24.4. The van der Waals surface area contributed by atoms with Gasteiger partial charge in [0.05, 0.1) is 6.26 Å². The molecule has 4 nitrogen and oxygen atoms in total. The minimum atomic E-state index is -3.10. The second-order valence-electron chi connectivity index (χ2n) is 4.83. The number of rotatable bonds is 7. The topological polar surface area (TPSA) is 49.4 Å². The quantitative estimate of drug-likeness (QED) is 0.835. The van der Waals surface area contributed by atoms with Crippen LogP contribution in [0.25, 0.3) is 0 Å². The third-order valence-corrected chi connectivity index (χ3v) is 4.01. The zero-order valence-corrected chi connectivity index (χ0v) is 13.1. The molecule has 0 fully saturated rings. The van der Waals surface area contributed by atoms with Gasteiger partial charge in [0.2, 0.25) is 10.0 Å². The Morgan fingerprint density at radius 2 is 1.89 bits per heavy atom. The summed E-state index contributed by atoms with van der Waals surface area (Å²) in [6.07, 6.45) is 2.08. The molecule has 0 aromatic heterocycles. The van der Waals surface area contributed by atoms with Gasteiger partial charge in [-0.15, -0.1) is 0 Å². The van der Waals surface area contributed by atoms with Crippen molar-refractivity contribution in [2.24, 2.45) is 0 Å². The van der Waals surface area contributed by atoms with Crippen LogP contribution in [0.1, 0.15) is 12.5 Å². The molecule has 19 heavy (non-hydrogen) atoms. The van der Waals surface area contributed by atoms with Gasteiger partial charge in [0.25, 0.3) is 0 Å². The zero-order chi connectivity index (χ0) is 14.5. The van der Waals surface area contributed by atoms with Crippen molar-refractivity contribution in [2.75, 3.05) is 26.4 Å². The molecule has 0 bridgehead atoms. The van der Waals surface area contributed by atoms with Crippen LogP contribution in [0, 0.1) is 0 Å². The highest BCUT2D eigenvalue weighted by atomic mass is 35.5. The maximum Gasteiger partial charge on any atom is 0.208 e. The lowest BCUT2D eigenvalue weighted by molar-refractivity contribution is 0.260. The molecule has 1 aromatic rings. The molecule has 0 saturated heterocycles. The van der Waals surface area contributed by atoms with Crippen LogP contribution in [0.3, 0.4) is 0 Å². The summed E-state index contributed by atoms with van der Waals surface area (Å²) in [7, 11) is -1.11. The highest BCUT2D eigenvalue weighted by Gasteiger charge is 2.10. The molecule has 0 radical (unpaired) electrons. The van der Waals surface area contributed by atoms with E-state index in [1.54, 1.807) is 0 Å². The fourth-order valence-corrected chi connectivity index (χ4v) is 2.33. The minimum absolute atomic E-state index is 0.336. The molecule has 0 aliphatic carbocycles. The fraction of sp³-hybridized carbons (Fsp3) is 0.538. The Hall–Kier alpha value is -0.620. The van der Waals surface area contributed by atoms with Crippen molar-refractivity contribution in [2.45, 2.75) is 19.4 Å². The molecular formula is C13H21ClN2O2S. The average molecular weight is 305 g/mol. The molecule has 0 spiro atoms. The van der Waals surface area contributed by atoms with E-state index in [0.717, 1.165) is 11.4 Å². The maximum atomic E-state index is 11.0. The number of hydrogen-bond acceptors (Lipinski definition) is 3. The summed E-state index contributed by atoms with van der Waals surface area (Å²) >= 11 is 5.85. The van der Waals surface area contributed by atoms with E-state index in [4.69, 9.17) is 11.6 Å². The van der Waals surface area contributed by atoms with Crippen LogP contribution in [0.5, 0.6) is 0 Å². The monoisotopic (exact) mass is 304 g/mol. The minimum Gasteiger partial charge on any atom is -0.302 e. The molecular weight excluding hydrogens is 284 g/mol. The van der Waals surface area contributed by atoms with E-state index < -0.39 is 10.0 Å². The molecule has 1 aromatic carbocycles. The van der Waals surface area contributed by atoms with Crippen molar-refractivity contribution in [3.8, 4) is 0 Å². The summed E-state index contributed by atoms with van der Waals surface area (Å²) in [5.41, 5.74) is 1.22. The Labute approximate surface area is 120 Å². The standard InChI is InChI=1S/C13H21ClN2O2S/c1-11(10-12-4-6-13(14)7-5-12)16(2)9-8-15-19(3,17)18/h4-7,11,15H,8-10H2,1-3H3/t11-/m0/s1. The van der Waals surface area contributed by atoms with Crippen LogP contribution in [-0.2, 0) is 16.4 Å². The number of benzene rings is 1. The predicted molar refractivity (Wildman–Crippen MR) is 80.1 cm³/mol. The van der Waals surface area contributed by atoms with Crippen molar-refractivity contribution in [1.82, 2.24) is 9.62 Å². The molecule has 1 atom stereocenters. The summed E-state index contributed by atoms with van der Waals surface area (Å²) in [5.74, 6) is 0. The molecule has 0 aliphatic heterocycles. The normalized spacial score (nSPS) is 13.7. The van der Waals surface area contributed by atoms with Crippen LogP contribution < -0.4 is 4.72 Å². The lowest BCUT2D eigenvalue weighted by atomic mass is 10.1. The lowest BCUT2D eigenvalue weighted by Crippen LogP contribution is -2.37. The molecule has 0 unspecified atom stereocenters. The van der Waals surface area contributed by atoms with Gasteiger partial charge < -0.3 is 4.90 Å². The Morgan fingerprint density at radius 1 is 1.32 bits per heavy atom. The molecule has 0 amide bonds. The van der Waals surface area contributed by atoms with Gasteiger partial charge in [0.1, 0.15) is 0 Å². The number of nitrogens with zero attached hydrogens (tertiary/aromatic N) is 1. The fourth-order valence-electron chi connectivity index (χ4n) is 1.75. The van der Waals surface area contributed by atoms with E-state index in [0.29, 0.717) is 19.1 Å². The van der Waals surface area contributed by atoms with E-state index in [1.807, 2.05) is 31.3 Å². The van der Waals surface area contributed by atoms with Crippen LogP contribution in [0.4, 0.5) is 0 Å². The average Bonchev–Trinajstić information content (AvgIpc) is 2.30. The molecule has 0 aliphatic rings. The summed E-state index contributed by atoms with van der Waals surface area (Å²) in [6, 6.07) is 8.13.